The van der Waals surface area contributed by atoms with E-state index in [4.69, 9.17) is 5.11 Å². The normalized spacial score (nSPS) is 22.5. The highest BCUT2D eigenvalue weighted by Gasteiger charge is 2.07. The van der Waals surface area contributed by atoms with Crippen molar-refractivity contribution >= 4 is 5.97 Å². The number of aliphatic carboxylic acids is 1. The lowest BCUT2D eigenvalue weighted by atomic mass is 10.1. The third-order valence-corrected chi connectivity index (χ3v) is 3.67. The fourth-order valence-corrected chi connectivity index (χ4v) is 2.44. The van der Waals surface area contributed by atoms with Crippen LogP contribution in [0.4, 0.5) is 0 Å². The zero-order valence-corrected chi connectivity index (χ0v) is 13.5. The molecule has 0 radical (unpaired) electrons. The van der Waals surface area contributed by atoms with E-state index in [2.05, 4.69) is 27.5 Å². The Morgan fingerprint density at radius 3 is 1.95 bits per heavy atom. The summed E-state index contributed by atoms with van der Waals surface area (Å²) in [6.45, 7) is 1.51. The molecule has 0 aromatic carbocycles. The molecule has 1 rings (SSSR count). The first-order chi connectivity index (χ1) is 10.8. The predicted octanol–water partition coefficient (Wildman–Crippen LogP) is 0.811. The van der Waals surface area contributed by atoms with E-state index in [0.29, 0.717) is 0 Å². The highest BCUT2D eigenvalue weighted by atomic mass is 16.4. The van der Waals surface area contributed by atoms with Crippen LogP contribution in [0.25, 0.3) is 0 Å². The number of hydrogen-bond acceptors (Lipinski definition) is 7. The summed E-state index contributed by atoms with van der Waals surface area (Å²) in [6, 6.07) is 0. The molecule has 8 nitrogen and oxygen atoms in total. The summed E-state index contributed by atoms with van der Waals surface area (Å²) in [5.74, 6) is -0.892. The van der Waals surface area contributed by atoms with Crippen molar-refractivity contribution in [2.75, 3.05) is 19.6 Å². The highest BCUT2D eigenvalue weighted by molar-refractivity contribution is 5.68. The molecule has 1 aliphatic rings. The van der Waals surface area contributed by atoms with Crippen LogP contribution in [0.1, 0.15) is 64.2 Å². The largest absolute Gasteiger partial charge is 0.480 e. The first-order valence-corrected chi connectivity index (χ1v) is 8.50. The molecule has 0 unspecified atom stereocenters. The van der Waals surface area contributed by atoms with E-state index in [1.54, 1.807) is 0 Å². The molecule has 0 amide bonds. The molecule has 22 heavy (non-hydrogen) atoms. The molecule has 130 valence electrons. The minimum absolute atomic E-state index is 0.130. The van der Waals surface area contributed by atoms with E-state index in [0.717, 1.165) is 25.9 Å². The Balaban J connectivity index is 2.25. The molecule has 1 aliphatic heterocycles. The van der Waals surface area contributed by atoms with Gasteiger partial charge in [-0.2, -0.15) is 21.7 Å². The SMILES string of the molecule is O=C(O)CN1NCCCCCCCCCCCCNNNN1. The molecule has 0 saturated carbocycles. The number of rotatable bonds is 2. The molecule has 8 heteroatoms. The molecule has 6 N–H and O–H groups in total. The second-order valence-corrected chi connectivity index (χ2v) is 5.71. The van der Waals surface area contributed by atoms with E-state index >= 15 is 0 Å². The summed E-state index contributed by atoms with van der Waals surface area (Å²) in [5.41, 5.74) is 14.4. The van der Waals surface area contributed by atoms with Gasteiger partial charge in [0.1, 0.15) is 6.54 Å². The van der Waals surface area contributed by atoms with Crippen LogP contribution in [-0.2, 0) is 4.79 Å². The Morgan fingerprint density at radius 2 is 1.36 bits per heavy atom. The Bertz CT molecular complexity index is 262. The lowest BCUT2D eigenvalue weighted by Gasteiger charge is -2.23. The van der Waals surface area contributed by atoms with Gasteiger partial charge in [-0.05, 0) is 12.8 Å². The monoisotopic (exact) mass is 316 g/mol. The Hall–Kier alpha value is -0.770. The highest BCUT2D eigenvalue weighted by Crippen LogP contribution is 2.10. The molecule has 0 spiro atoms. The summed E-state index contributed by atoms with van der Waals surface area (Å²) in [6.07, 6.45) is 12.5. The summed E-state index contributed by atoms with van der Waals surface area (Å²) in [7, 11) is 0. The molecule has 0 aromatic rings. The van der Waals surface area contributed by atoms with Crippen molar-refractivity contribution < 1.29 is 9.90 Å². The zero-order chi connectivity index (χ0) is 15.9. The van der Waals surface area contributed by atoms with E-state index in [1.165, 1.54) is 56.5 Å². The maximum absolute atomic E-state index is 10.8. The molecular weight excluding hydrogens is 284 g/mol. The maximum atomic E-state index is 10.8. The third-order valence-electron chi connectivity index (χ3n) is 3.67. The average molecular weight is 316 g/mol. The minimum Gasteiger partial charge on any atom is -0.480 e. The van der Waals surface area contributed by atoms with Crippen molar-refractivity contribution in [1.29, 1.82) is 0 Å². The van der Waals surface area contributed by atoms with Crippen LogP contribution < -0.4 is 27.5 Å². The Kier molecular flexibility index (Phi) is 12.1. The standard InChI is InChI=1S/C14H32N6O2/c21-14(22)13-20-16-12-10-8-6-4-2-1-3-5-7-9-11-15-17-18-19-20/h15-19H,1-13H2,(H,21,22). The summed E-state index contributed by atoms with van der Waals surface area (Å²) < 4.78 is 0. The van der Waals surface area contributed by atoms with E-state index < -0.39 is 5.97 Å². The number of hydrazine groups is 5. The Morgan fingerprint density at radius 1 is 0.818 bits per heavy atom. The van der Waals surface area contributed by atoms with Crippen LogP contribution in [0, 0.1) is 0 Å². The number of carboxylic acid groups (broad SMARTS) is 1. The van der Waals surface area contributed by atoms with Gasteiger partial charge >= 0.3 is 5.97 Å². The maximum Gasteiger partial charge on any atom is 0.320 e. The van der Waals surface area contributed by atoms with E-state index in [-0.39, 0.29) is 6.54 Å². The molecule has 1 fully saturated rings. The van der Waals surface area contributed by atoms with Gasteiger partial charge in [-0.3, -0.25) is 4.79 Å². The lowest BCUT2D eigenvalue weighted by Crippen LogP contribution is -2.61. The van der Waals surface area contributed by atoms with Crippen molar-refractivity contribution in [3.8, 4) is 0 Å². The van der Waals surface area contributed by atoms with Crippen molar-refractivity contribution in [3.05, 3.63) is 0 Å². The zero-order valence-electron chi connectivity index (χ0n) is 13.5. The molecule has 0 aromatic heterocycles. The summed E-state index contributed by atoms with van der Waals surface area (Å²) >= 11 is 0. The van der Waals surface area contributed by atoms with Gasteiger partial charge < -0.3 is 5.11 Å². The smallest absolute Gasteiger partial charge is 0.320 e. The molecular formula is C14H32N6O2. The van der Waals surface area contributed by atoms with Crippen molar-refractivity contribution in [2.24, 2.45) is 0 Å². The fraction of sp³-hybridized carbons (Fsp3) is 0.929. The van der Waals surface area contributed by atoms with Gasteiger partial charge in [-0.25, -0.2) is 10.9 Å². The number of carbonyl (C=O) groups is 1. The number of nitrogens with zero attached hydrogens (tertiary/aromatic N) is 1. The van der Waals surface area contributed by atoms with Crippen LogP contribution in [0.15, 0.2) is 0 Å². The Labute approximate surface area is 133 Å². The van der Waals surface area contributed by atoms with Crippen LogP contribution in [0.2, 0.25) is 0 Å². The first-order valence-electron chi connectivity index (χ1n) is 8.50. The molecule has 0 atom stereocenters. The molecule has 0 aliphatic carbocycles. The average Bonchev–Trinajstić information content (AvgIpc) is 2.48. The third kappa shape index (κ3) is 11.8. The van der Waals surface area contributed by atoms with Crippen LogP contribution in [0.5, 0.6) is 0 Å². The van der Waals surface area contributed by atoms with Gasteiger partial charge in [-0.15, -0.1) is 0 Å². The minimum atomic E-state index is -0.892. The van der Waals surface area contributed by atoms with Crippen LogP contribution in [-0.4, -0.2) is 35.8 Å². The summed E-state index contributed by atoms with van der Waals surface area (Å²) in [5, 5.41) is 10.3. The van der Waals surface area contributed by atoms with Gasteiger partial charge in [0.15, 0.2) is 0 Å². The van der Waals surface area contributed by atoms with E-state index in [1.807, 2.05) is 0 Å². The van der Waals surface area contributed by atoms with Gasteiger partial charge in [0.25, 0.3) is 0 Å². The number of nitrogens with one attached hydrogen (secondary N) is 5. The molecule has 1 saturated heterocycles. The van der Waals surface area contributed by atoms with Gasteiger partial charge in [0.2, 0.25) is 0 Å². The van der Waals surface area contributed by atoms with Gasteiger partial charge in [-0.1, -0.05) is 51.4 Å². The van der Waals surface area contributed by atoms with Crippen molar-refractivity contribution in [3.63, 3.8) is 0 Å². The molecule has 1 heterocycles. The second-order valence-electron chi connectivity index (χ2n) is 5.71. The number of hydrogen-bond donors (Lipinski definition) is 6. The van der Waals surface area contributed by atoms with Crippen molar-refractivity contribution in [2.45, 2.75) is 64.2 Å². The second kappa shape index (κ2) is 13.9. The number of carboxylic acids is 1. The quantitative estimate of drug-likeness (QED) is 0.445. The topological polar surface area (TPSA) is 101 Å². The molecule has 0 bridgehead atoms. The van der Waals surface area contributed by atoms with E-state index in [9.17, 15) is 4.79 Å². The lowest BCUT2D eigenvalue weighted by molar-refractivity contribution is -0.141. The summed E-state index contributed by atoms with van der Waals surface area (Å²) in [4.78, 5) is 10.8. The van der Waals surface area contributed by atoms with Gasteiger partial charge in [0.05, 0.1) is 0 Å². The van der Waals surface area contributed by atoms with Crippen LogP contribution >= 0.6 is 0 Å². The fourth-order valence-electron chi connectivity index (χ4n) is 2.44. The predicted molar refractivity (Wildman–Crippen MR) is 85.9 cm³/mol. The van der Waals surface area contributed by atoms with Gasteiger partial charge in [0, 0.05) is 13.1 Å². The van der Waals surface area contributed by atoms with Crippen LogP contribution in [0.3, 0.4) is 0 Å². The van der Waals surface area contributed by atoms with Crippen molar-refractivity contribution in [1.82, 2.24) is 32.6 Å². The first kappa shape index (κ1) is 19.3.